The fourth-order valence-electron chi connectivity index (χ4n) is 2.42. The van der Waals surface area contributed by atoms with Crippen molar-refractivity contribution in [2.24, 2.45) is 5.92 Å². The summed E-state index contributed by atoms with van der Waals surface area (Å²) in [5.74, 6) is 0.451. The number of carbonyl (C=O) groups is 1. The molecule has 0 aliphatic carbocycles. The maximum Gasteiger partial charge on any atom is 0.262 e. The van der Waals surface area contributed by atoms with E-state index in [1.54, 1.807) is 41.8 Å². The lowest BCUT2D eigenvalue weighted by molar-refractivity contribution is -0.127. The van der Waals surface area contributed by atoms with Crippen LogP contribution in [0.25, 0.3) is 10.9 Å². The zero-order valence-electron chi connectivity index (χ0n) is 15.2. The van der Waals surface area contributed by atoms with Gasteiger partial charge in [-0.3, -0.25) is 14.2 Å². The molecule has 0 saturated carbocycles. The molecule has 0 fully saturated rings. The van der Waals surface area contributed by atoms with Gasteiger partial charge < -0.3 is 4.90 Å². The molecule has 0 aliphatic rings. The summed E-state index contributed by atoms with van der Waals surface area (Å²) in [5.41, 5.74) is 0.472. The van der Waals surface area contributed by atoms with Crippen molar-refractivity contribution in [3.8, 4) is 0 Å². The van der Waals surface area contributed by atoms with E-state index >= 15 is 0 Å². The predicted octanol–water partition coefficient (Wildman–Crippen LogP) is 3.66. The Balaban J connectivity index is 2.52. The van der Waals surface area contributed by atoms with E-state index in [0.29, 0.717) is 33.5 Å². The molecule has 1 atom stereocenters. The summed E-state index contributed by atoms with van der Waals surface area (Å²) in [6, 6.07) is 5.10. The number of thioether (sulfide) groups is 1. The Labute approximate surface area is 157 Å². The Hall–Kier alpha value is -1.53. The summed E-state index contributed by atoms with van der Waals surface area (Å²) < 4.78 is 1.68. The number of aromatic nitrogens is 2. The maximum atomic E-state index is 12.9. The number of benzene rings is 1. The second kappa shape index (κ2) is 8.23. The van der Waals surface area contributed by atoms with Crippen LogP contribution in [-0.4, -0.2) is 39.7 Å². The van der Waals surface area contributed by atoms with Crippen LogP contribution in [0.5, 0.6) is 0 Å². The van der Waals surface area contributed by atoms with Crippen LogP contribution in [0.3, 0.4) is 0 Å². The molecule has 2 rings (SSSR count). The molecule has 1 heterocycles. The minimum atomic E-state index is -0.330. The molecule has 0 spiro atoms. The minimum absolute atomic E-state index is 0.0131. The highest BCUT2D eigenvalue weighted by atomic mass is 35.5. The molecule has 1 amide bonds. The summed E-state index contributed by atoms with van der Waals surface area (Å²) >= 11 is 7.36. The van der Waals surface area contributed by atoms with Crippen molar-refractivity contribution in [1.29, 1.82) is 0 Å². The highest BCUT2D eigenvalue weighted by Gasteiger charge is 2.20. The summed E-state index contributed by atoms with van der Waals surface area (Å²) in [7, 11) is 3.44. The molecule has 5 nitrogen and oxygen atoms in total. The van der Waals surface area contributed by atoms with Gasteiger partial charge in [-0.25, -0.2) is 4.98 Å². The first-order chi connectivity index (χ1) is 11.7. The zero-order valence-corrected chi connectivity index (χ0v) is 16.8. The largest absolute Gasteiger partial charge is 0.348 e. The number of rotatable bonds is 6. The Morgan fingerprint density at radius 1 is 1.32 bits per heavy atom. The smallest absolute Gasteiger partial charge is 0.262 e. The number of fused-ring (bicyclic) bond motifs is 1. The number of carbonyl (C=O) groups excluding carboxylic acids is 1. The molecule has 1 unspecified atom stereocenters. The van der Waals surface area contributed by atoms with Gasteiger partial charge in [-0.15, -0.1) is 0 Å². The summed E-state index contributed by atoms with van der Waals surface area (Å²) in [6.07, 6.45) is 0.865. The minimum Gasteiger partial charge on any atom is -0.348 e. The molecule has 0 bridgehead atoms. The molecule has 1 aromatic heterocycles. The molecule has 1 aromatic carbocycles. The number of hydrogen-bond donors (Lipinski definition) is 0. The third-order valence-corrected chi connectivity index (χ3v) is 5.20. The van der Waals surface area contributed by atoms with Crippen molar-refractivity contribution in [3.63, 3.8) is 0 Å². The second-order valence-corrected chi connectivity index (χ2v) is 8.43. The summed E-state index contributed by atoms with van der Waals surface area (Å²) in [6.45, 7) is 6.63. The van der Waals surface area contributed by atoms with Crippen LogP contribution in [0.2, 0.25) is 5.02 Å². The molecule has 2 aromatic rings. The monoisotopic (exact) mass is 381 g/mol. The predicted molar refractivity (Wildman–Crippen MR) is 104 cm³/mol. The van der Waals surface area contributed by atoms with Crippen LogP contribution in [0, 0.1) is 5.92 Å². The van der Waals surface area contributed by atoms with Crippen LogP contribution in [0.4, 0.5) is 0 Å². The molecule has 7 heteroatoms. The quantitative estimate of drug-likeness (QED) is 0.566. The first kappa shape index (κ1) is 19.8. The van der Waals surface area contributed by atoms with Crippen molar-refractivity contribution < 1.29 is 4.79 Å². The van der Waals surface area contributed by atoms with Gasteiger partial charge >= 0.3 is 0 Å². The van der Waals surface area contributed by atoms with Crippen LogP contribution < -0.4 is 5.56 Å². The molecule has 0 aliphatic heterocycles. The van der Waals surface area contributed by atoms with Gasteiger partial charge in [0.25, 0.3) is 5.56 Å². The third-order valence-electron chi connectivity index (χ3n) is 3.88. The van der Waals surface area contributed by atoms with Crippen LogP contribution in [0.15, 0.2) is 28.2 Å². The molecule has 0 N–H and O–H groups in total. The summed E-state index contributed by atoms with van der Waals surface area (Å²) in [5, 5.41) is 1.31. The van der Waals surface area contributed by atoms with Gasteiger partial charge in [0, 0.05) is 25.7 Å². The van der Waals surface area contributed by atoms with Gasteiger partial charge in [-0.05, 0) is 37.5 Å². The highest BCUT2D eigenvalue weighted by Crippen LogP contribution is 2.25. The van der Waals surface area contributed by atoms with Gasteiger partial charge in [-0.2, -0.15) is 0 Å². The molecule has 136 valence electrons. The van der Waals surface area contributed by atoms with Crippen molar-refractivity contribution in [2.75, 3.05) is 14.1 Å². The molecule has 0 saturated heterocycles. The number of hydrogen-bond acceptors (Lipinski definition) is 4. The van der Waals surface area contributed by atoms with E-state index in [4.69, 9.17) is 11.6 Å². The third kappa shape index (κ3) is 4.76. The van der Waals surface area contributed by atoms with E-state index < -0.39 is 0 Å². The Bertz CT molecular complexity index is 833. The summed E-state index contributed by atoms with van der Waals surface area (Å²) in [4.78, 5) is 31.3. The SMILES string of the molecule is CC(C)CCn1c(SC(C)C(=O)N(C)C)nc2cc(Cl)ccc2c1=O. The van der Waals surface area contributed by atoms with Crippen LogP contribution in [0.1, 0.15) is 27.2 Å². The standard InChI is InChI=1S/C18H24ClN3O2S/c1-11(2)8-9-22-17(24)14-7-6-13(19)10-15(14)20-18(22)25-12(3)16(23)21(4)5/h6-7,10-12H,8-9H2,1-5H3. The van der Waals surface area contributed by atoms with Gasteiger partial charge in [0.2, 0.25) is 5.91 Å². The number of amides is 1. The van der Waals surface area contributed by atoms with Gasteiger partial charge in [0.05, 0.1) is 16.2 Å². The molecule has 25 heavy (non-hydrogen) atoms. The normalized spacial score (nSPS) is 12.6. The average Bonchev–Trinajstić information content (AvgIpc) is 2.52. The van der Waals surface area contributed by atoms with E-state index in [2.05, 4.69) is 18.8 Å². The lowest BCUT2D eigenvalue weighted by Crippen LogP contribution is -2.31. The van der Waals surface area contributed by atoms with Crippen molar-refractivity contribution in [2.45, 2.75) is 44.1 Å². The van der Waals surface area contributed by atoms with Gasteiger partial charge in [0.1, 0.15) is 0 Å². The van der Waals surface area contributed by atoms with Crippen molar-refractivity contribution >= 4 is 40.2 Å². The van der Waals surface area contributed by atoms with Crippen LogP contribution in [-0.2, 0) is 11.3 Å². The van der Waals surface area contributed by atoms with E-state index in [1.165, 1.54) is 11.8 Å². The Kier molecular flexibility index (Phi) is 6.52. The Morgan fingerprint density at radius 3 is 2.60 bits per heavy atom. The van der Waals surface area contributed by atoms with Gasteiger partial charge in [-0.1, -0.05) is 37.2 Å². The fraction of sp³-hybridized carbons (Fsp3) is 0.500. The Morgan fingerprint density at radius 2 is 2.00 bits per heavy atom. The van der Waals surface area contributed by atoms with Crippen molar-refractivity contribution in [1.82, 2.24) is 14.5 Å². The van der Waals surface area contributed by atoms with Crippen molar-refractivity contribution in [3.05, 3.63) is 33.6 Å². The van der Waals surface area contributed by atoms with Crippen LogP contribution >= 0.6 is 23.4 Å². The number of nitrogens with zero attached hydrogens (tertiary/aromatic N) is 3. The highest BCUT2D eigenvalue weighted by molar-refractivity contribution is 8.00. The van der Waals surface area contributed by atoms with E-state index in [9.17, 15) is 9.59 Å². The lowest BCUT2D eigenvalue weighted by Gasteiger charge is -2.19. The zero-order chi connectivity index (χ0) is 18.7. The molecule has 0 radical (unpaired) electrons. The fourth-order valence-corrected chi connectivity index (χ4v) is 3.67. The molecular formula is C18H24ClN3O2S. The van der Waals surface area contributed by atoms with E-state index in [1.807, 2.05) is 6.92 Å². The molecular weight excluding hydrogens is 358 g/mol. The van der Waals surface area contributed by atoms with Gasteiger partial charge in [0.15, 0.2) is 5.16 Å². The second-order valence-electron chi connectivity index (χ2n) is 6.69. The first-order valence-electron chi connectivity index (χ1n) is 8.28. The first-order valence-corrected chi connectivity index (χ1v) is 9.54. The number of halogens is 1. The maximum absolute atomic E-state index is 12.9. The van der Waals surface area contributed by atoms with E-state index in [-0.39, 0.29) is 16.7 Å². The van der Waals surface area contributed by atoms with E-state index in [0.717, 1.165) is 6.42 Å². The lowest BCUT2D eigenvalue weighted by atomic mass is 10.1. The average molecular weight is 382 g/mol. The topological polar surface area (TPSA) is 55.2 Å².